The van der Waals surface area contributed by atoms with Gasteiger partial charge in [-0.3, -0.25) is 0 Å². The highest BCUT2D eigenvalue weighted by Crippen LogP contribution is 2.41. The van der Waals surface area contributed by atoms with Gasteiger partial charge in [0, 0.05) is 28.0 Å². The first-order valence-corrected chi connectivity index (χ1v) is 20.4. The van der Waals surface area contributed by atoms with Crippen molar-refractivity contribution in [1.29, 1.82) is 0 Å². The molecular formula is C57H38N2O. The van der Waals surface area contributed by atoms with Crippen molar-refractivity contribution in [3.05, 3.63) is 231 Å². The van der Waals surface area contributed by atoms with Crippen molar-refractivity contribution >= 4 is 49.7 Å². The van der Waals surface area contributed by atoms with Crippen LogP contribution < -0.4 is 4.90 Å². The lowest BCUT2D eigenvalue weighted by Gasteiger charge is -2.27. The molecule has 3 nitrogen and oxygen atoms in total. The Labute approximate surface area is 349 Å². The molecule has 0 amide bonds. The molecule has 0 radical (unpaired) electrons. The minimum atomic E-state index is 0.634. The van der Waals surface area contributed by atoms with E-state index in [4.69, 9.17) is 9.40 Å². The van der Waals surface area contributed by atoms with Gasteiger partial charge in [-0.2, -0.15) is 0 Å². The maximum atomic E-state index is 6.20. The van der Waals surface area contributed by atoms with Crippen LogP contribution in [0.2, 0.25) is 0 Å². The highest BCUT2D eigenvalue weighted by Gasteiger charge is 2.17. The van der Waals surface area contributed by atoms with E-state index in [-0.39, 0.29) is 0 Å². The summed E-state index contributed by atoms with van der Waals surface area (Å²) in [7, 11) is 0. The highest BCUT2D eigenvalue weighted by atomic mass is 16.3. The zero-order chi connectivity index (χ0) is 39.8. The van der Waals surface area contributed by atoms with Crippen LogP contribution in [0.3, 0.4) is 0 Å². The van der Waals surface area contributed by atoms with E-state index in [0.29, 0.717) is 5.89 Å². The van der Waals surface area contributed by atoms with E-state index >= 15 is 0 Å². The van der Waals surface area contributed by atoms with Crippen LogP contribution in [0.1, 0.15) is 0 Å². The first kappa shape index (κ1) is 35.2. The fourth-order valence-corrected chi connectivity index (χ4v) is 8.45. The van der Waals surface area contributed by atoms with Gasteiger partial charge in [-0.15, -0.1) is 0 Å². The molecule has 11 aromatic rings. The number of rotatable bonds is 8. The summed E-state index contributed by atoms with van der Waals surface area (Å²) in [6.45, 7) is 0. The molecule has 10 aromatic carbocycles. The van der Waals surface area contributed by atoms with Crippen molar-refractivity contribution in [1.82, 2.24) is 4.98 Å². The molecule has 1 aromatic heterocycles. The molecule has 0 bridgehead atoms. The molecule has 0 saturated carbocycles. The van der Waals surface area contributed by atoms with Gasteiger partial charge in [0.2, 0.25) is 5.89 Å². The molecule has 0 fully saturated rings. The van der Waals surface area contributed by atoms with E-state index in [9.17, 15) is 0 Å². The van der Waals surface area contributed by atoms with E-state index in [2.05, 4.69) is 199 Å². The van der Waals surface area contributed by atoms with Gasteiger partial charge >= 0.3 is 0 Å². The number of oxazole rings is 1. The number of aromatic nitrogens is 1. The Kier molecular flexibility index (Phi) is 8.83. The molecule has 0 N–H and O–H groups in total. The molecule has 0 aliphatic heterocycles. The van der Waals surface area contributed by atoms with Crippen LogP contribution in [0.4, 0.5) is 17.1 Å². The van der Waals surface area contributed by atoms with Gasteiger partial charge in [0.15, 0.2) is 5.58 Å². The summed E-state index contributed by atoms with van der Waals surface area (Å²) in [5.74, 6) is 0.634. The topological polar surface area (TPSA) is 29.3 Å². The molecule has 0 aliphatic carbocycles. The second-order valence-corrected chi connectivity index (χ2v) is 15.2. The highest BCUT2D eigenvalue weighted by molar-refractivity contribution is 6.06. The van der Waals surface area contributed by atoms with Crippen LogP contribution in [0.15, 0.2) is 235 Å². The lowest BCUT2D eigenvalue weighted by Crippen LogP contribution is -2.10. The standard InChI is InChI=1S/C57H38N2O/c1-4-13-39(14-5-1)41-25-30-49(31-26-41)59(51-32-27-44-35-43(23-24-45(44)37-51)40-15-6-2-7-16-40)50-20-12-19-46(38-50)52-21-10-11-22-53(52)47-28-33-54-48(36-47)29-34-55-56(54)58-57(60-55)42-17-8-3-9-18-42/h1-38H. The number of benzene rings is 10. The smallest absolute Gasteiger partial charge is 0.227 e. The van der Waals surface area contributed by atoms with Crippen LogP contribution in [0, 0.1) is 0 Å². The summed E-state index contributed by atoms with van der Waals surface area (Å²) in [5.41, 5.74) is 15.3. The third-order valence-corrected chi connectivity index (χ3v) is 11.5. The molecule has 60 heavy (non-hydrogen) atoms. The Morgan fingerprint density at radius 2 is 0.817 bits per heavy atom. The molecular weight excluding hydrogens is 729 g/mol. The van der Waals surface area contributed by atoms with E-state index in [1.807, 2.05) is 36.4 Å². The minimum Gasteiger partial charge on any atom is -0.436 e. The summed E-state index contributed by atoms with van der Waals surface area (Å²) in [5, 5.41) is 4.59. The first-order valence-electron chi connectivity index (χ1n) is 20.4. The average Bonchev–Trinajstić information content (AvgIpc) is 3.78. The fraction of sp³-hybridized carbons (Fsp3) is 0. The number of hydrogen-bond donors (Lipinski definition) is 0. The summed E-state index contributed by atoms with van der Waals surface area (Å²) in [6.07, 6.45) is 0. The fourth-order valence-electron chi connectivity index (χ4n) is 8.45. The molecule has 0 aliphatic rings. The summed E-state index contributed by atoms with van der Waals surface area (Å²) < 4.78 is 6.20. The third-order valence-electron chi connectivity index (χ3n) is 11.5. The maximum Gasteiger partial charge on any atom is 0.227 e. The summed E-state index contributed by atoms with van der Waals surface area (Å²) >= 11 is 0. The van der Waals surface area contributed by atoms with E-state index in [0.717, 1.165) is 55.6 Å². The van der Waals surface area contributed by atoms with Gasteiger partial charge in [-0.25, -0.2) is 4.98 Å². The number of anilines is 3. The number of hydrogen-bond acceptors (Lipinski definition) is 3. The molecule has 0 spiro atoms. The largest absolute Gasteiger partial charge is 0.436 e. The molecule has 282 valence electrons. The van der Waals surface area contributed by atoms with E-state index in [1.165, 1.54) is 44.2 Å². The van der Waals surface area contributed by atoms with Crippen molar-refractivity contribution in [3.8, 4) is 56.0 Å². The normalized spacial score (nSPS) is 11.3. The minimum absolute atomic E-state index is 0.634. The zero-order valence-electron chi connectivity index (χ0n) is 32.7. The lowest BCUT2D eigenvalue weighted by atomic mass is 9.92. The van der Waals surface area contributed by atoms with Crippen LogP contribution in [0.25, 0.3) is 88.6 Å². The van der Waals surface area contributed by atoms with Gasteiger partial charge < -0.3 is 9.32 Å². The molecule has 11 rings (SSSR count). The molecule has 0 saturated heterocycles. The quantitative estimate of drug-likeness (QED) is 0.154. The average molecular weight is 767 g/mol. The number of fused-ring (bicyclic) bond motifs is 4. The Balaban J connectivity index is 0.991. The second-order valence-electron chi connectivity index (χ2n) is 15.2. The molecule has 0 unspecified atom stereocenters. The molecule has 3 heteroatoms. The third kappa shape index (κ3) is 6.58. The predicted molar refractivity (Wildman–Crippen MR) is 251 cm³/mol. The van der Waals surface area contributed by atoms with Gasteiger partial charge in [0.1, 0.15) is 5.52 Å². The van der Waals surface area contributed by atoms with Crippen LogP contribution in [-0.2, 0) is 0 Å². The van der Waals surface area contributed by atoms with Gasteiger partial charge in [0.25, 0.3) is 0 Å². The van der Waals surface area contributed by atoms with Gasteiger partial charge in [0.05, 0.1) is 0 Å². The van der Waals surface area contributed by atoms with Crippen molar-refractivity contribution < 1.29 is 4.42 Å². The van der Waals surface area contributed by atoms with Crippen molar-refractivity contribution in [3.63, 3.8) is 0 Å². The zero-order valence-corrected chi connectivity index (χ0v) is 32.7. The first-order chi connectivity index (χ1) is 29.7. The molecule has 0 atom stereocenters. The number of nitrogens with zero attached hydrogens (tertiary/aromatic N) is 2. The molecule has 1 heterocycles. The Morgan fingerprint density at radius 1 is 0.317 bits per heavy atom. The maximum absolute atomic E-state index is 6.20. The Hall–Kier alpha value is -8.01. The van der Waals surface area contributed by atoms with E-state index in [1.54, 1.807) is 0 Å². The SMILES string of the molecule is c1ccc(-c2ccc(N(c3cccc(-c4ccccc4-c4ccc5c(ccc6oc(-c7ccccc7)nc65)c4)c3)c3ccc4cc(-c5ccccc5)ccc4c3)cc2)cc1. The van der Waals surface area contributed by atoms with Crippen LogP contribution in [-0.4, -0.2) is 4.98 Å². The van der Waals surface area contributed by atoms with Gasteiger partial charge in [-0.1, -0.05) is 164 Å². The predicted octanol–water partition coefficient (Wildman–Crippen LogP) is 15.9. The Bertz CT molecular complexity index is 3300. The van der Waals surface area contributed by atoms with E-state index < -0.39 is 0 Å². The van der Waals surface area contributed by atoms with Crippen molar-refractivity contribution in [2.45, 2.75) is 0 Å². The summed E-state index contributed by atoms with van der Waals surface area (Å²) in [4.78, 5) is 7.31. The summed E-state index contributed by atoms with van der Waals surface area (Å²) in [6, 6.07) is 82.1. The van der Waals surface area contributed by atoms with Crippen LogP contribution >= 0.6 is 0 Å². The Morgan fingerprint density at radius 3 is 1.55 bits per heavy atom. The lowest BCUT2D eigenvalue weighted by molar-refractivity contribution is 0.620. The second kappa shape index (κ2) is 15.1. The monoisotopic (exact) mass is 766 g/mol. The van der Waals surface area contributed by atoms with Crippen LogP contribution in [0.5, 0.6) is 0 Å². The van der Waals surface area contributed by atoms with Crippen molar-refractivity contribution in [2.75, 3.05) is 4.90 Å². The van der Waals surface area contributed by atoms with Crippen molar-refractivity contribution in [2.24, 2.45) is 0 Å². The van der Waals surface area contributed by atoms with Gasteiger partial charge in [-0.05, 0) is 127 Å².